The molecule has 0 amide bonds. The lowest BCUT2D eigenvalue weighted by molar-refractivity contribution is 0.276. The maximum Gasteiger partial charge on any atom is 0.165 e. The van der Waals surface area contributed by atoms with Gasteiger partial charge in [0.2, 0.25) is 0 Å². The molecular formula is C26H47NO2. The molecule has 168 valence electrons. The average Bonchev–Trinajstić information content (AvgIpc) is 2.71. The third kappa shape index (κ3) is 11.5. The Morgan fingerprint density at radius 1 is 0.759 bits per heavy atom. The molecule has 1 rings (SSSR count). The third-order valence-corrected chi connectivity index (χ3v) is 5.55. The molecule has 0 fully saturated rings. The van der Waals surface area contributed by atoms with Gasteiger partial charge in [-0.2, -0.15) is 0 Å². The Kier molecular flexibility index (Phi) is 14.7. The molecule has 1 aromatic carbocycles. The highest BCUT2D eigenvalue weighted by Crippen LogP contribution is 2.34. The van der Waals surface area contributed by atoms with Gasteiger partial charge in [0.25, 0.3) is 0 Å². The first-order chi connectivity index (χ1) is 14.1. The van der Waals surface area contributed by atoms with Gasteiger partial charge >= 0.3 is 0 Å². The van der Waals surface area contributed by atoms with Crippen LogP contribution >= 0.6 is 0 Å². The van der Waals surface area contributed by atoms with E-state index >= 15 is 0 Å². The van der Waals surface area contributed by atoms with Crippen LogP contribution in [0.3, 0.4) is 0 Å². The van der Waals surface area contributed by atoms with Crippen molar-refractivity contribution in [3.05, 3.63) is 23.3 Å². The van der Waals surface area contributed by atoms with Crippen LogP contribution in [0.15, 0.2) is 12.1 Å². The van der Waals surface area contributed by atoms with Crippen LogP contribution < -0.4 is 9.47 Å². The Bertz CT molecular complexity index is 528. The number of hydrogen-bond acceptors (Lipinski definition) is 3. The van der Waals surface area contributed by atoms with Gasteiger partial charge in [0.1, 0.15) is 0 Å². The van der Waals surface area contributed by atoms with E-state index in [9.17, 15) is 0 Å². The predicted molar refractivity (Wildman–Crippen MR) is 126 cm³/mol. The van der Waals surface area contributed by atoms with E-state index in [2.05, 4.69) is 45.0 Å². The molecule has 0 saturated carbocycles. The predicted octanol–water partition coefficient (Wildman–Crippen LogP) is 7.40. The van der Waals surface area contributed by atoms with Gasteiger partial charge in [0.05, 0.1) is 13.7 Å². The fraction of sp³-hybridized carbons (Fsp3) is 0.769. The maximum atomic E-state index is 6.20. The number of benzene rings is 1. The lowest BCUT2D eigenvalue weighted by Crippen LogP contribution is -2.13. The topological polar surface area (TPSA) is 21.7 Å². The minimum absolute atomic E-state index is 0.777. The van der Waals surface area contributed by atoms with Crippen molar-refractivity contribution in [1.82, 2.24) is 4.90 Å². The van der Waals surface area contributed by atoms with Crippen molar-refractivity contribution in [2.75, 3.05) is 27.8 Å². The number of rotatable bonds is 18. The van der Waals surface area contributed by atoms with Crippen LogP contribution in [0.25, 0.3) is 0 Å². The van der Waals surface area contributed by atoms with E-state index in [1.165, 1.54) is 81.8 Å². The zero-order chi connectivity index (χ0) is 21.3. The molecule has 0 saturated heterocycles. The molecule has 0 bridgehead atoms. The normalized spacial score (nSPS) is 11.2. The summed E-state index contributed by atoms with van der Waals surface area (Å²) in [6.07, 6.45) is 17.4. The van der Waals surface area contributed by atoms with Crippen LogP contribution in [-0.2, 0) is 13.0 Å². The highest BCUT2D eigenvalue weighted by molar-refractivity contribution is 5.49. The molecule has 0 aromatic heterocycles. The Morgan fingerprint density at radius 3 is 1.79 bits per heavy atom. The molecule has 3 heteroatoms. The van der Waals surface area contributed by atoms with Crippen molar-refractivity contribution in [3.8, 4) is 11.5 Å². The minimum atomic E-state index is 0.777. The Balaban J connectivity index is 2.25. The van der Waals surface area contributed by atoms with E-state index in [-0.39, 0.29) is 0 Å². The third-order valence-electron chi connectivity index (χ3n) is 5.55. The van der Waals surface area contributed by atoms with Gasteiger partial charge in [-0.05, 0) is 38.6 Å². The summed E-state index contributed by atoms with van der Waals surface area (Å²) in [4.78, 5) is 2.19. The van der Waals surface area contributed by atoms with Crippen LogP contribution in [0, 0.1) is 0 Å². The van der Waals surface area contributed by atoms with E-state index in [0.717, 1.165) is 37.5 Å². The van der Waals surface area contributed by atoms with E-state index in [0.29, 0.717) is 0 Å². The Hall–Kier alpha value is -1.22. The molecule has 0 aliphatic carbocycles. The smallest absolute Gasteiger partial charge is 0.165 e. The molecule has 0 spiro atoms. The van der Waals surface area contributed by atoms with Crippen molar-refractivity contribution in [3.63, 3.8) is 0 Å². The van der Waals surface area contributed by atoms with Crippen molar-refractivity contribution in [1.29, 1.82) is 0 Å². The number of nitrogens with zero attached hydrogens (tertiary/aromatic N) is 1. The monoisotopic (exact) mass is 405 g/mol. The zero-order valence-corrected chi connectivity index (χ0v) is 20.0. The SMILES string of the molecule is CCCCCCCCCCCCCCOc1c(CN(C)C)cc(CC)cc1OC. The fourth-order valence-electron chi connectivity index (χ4n) is 3.82. The number of unbranched alkanes of at least 4 members (excludes halogenated alkanes) is 11. The first-order valence-corrected chi connectivity index (χ1v) is 12.1. The molecule has 0 atom stereocenters. The molecule has 0 radical (unpaired) electrons. The number of hydrogen-bond donors (Lipinski definition) is 0. The minimum Gasteiger partial charge on any atom is -0.493 e. The molecule has 0 aliphatic rings. The van der Waals surface area contributed by atoms with Gasteiger partial charge < -0.3 is 14.4 Å². The second kappa shape index (κ2) is 16.6. The van der Waals surface area contributed by atoms with Crippen molar-refractivity contribution in [2.45, 2.75) is 104 Å². The second-order valence-corrected chi connectivity index (χ2v) is 8.62. The maximum absolute atomic E-state index is 6.20. The summed E-state index contributed by atoms with van der Waals surface area (Å²) < 4.78 is 11.8. The molecule has 0 heterocycles. The van der Waals surface area contributed by atoms with Gasteiger partial charge in [0.15, 0.2) is 11.5 Å². The molecule has 29 heavy (non-hydrogen) atoms. The van der Waals surface area contributed by atoms with Gasteiger partial charge in [-0.15, -0.1) is 0 Å². The van der Waals surface area contributed by atoms with E-state index in [1.807, 2.05) is 0 Å². The Morgan fingerprint density at radius 2 is 1.31 bits per heavy atom. The summed E-state index contributed by atoms with van der Waals surface area (Å²) in [5, 5.41) is 0. The van der Waals surface area contributed by atoms with Crippen LogP contribution in [0.2, 0.25) is 0 Å². The number of methoxy groups -OCH3 is 1. The summed E-state index contributed by atoms with van der Waals surface area (Å²) >= 11 is 0. The van der Waals surface area contributed by atoms with E-state index in [4.69, 9.17) is 9.47 Å². The largest absolute Gasteiger partial charge is 0.493 e. The van der Waals surface area contributed by atoms with Gasteiger partial charge in [-0.25, -0.2) is 0 Å². The standard InChI is InChI=1S/C26H47NO2/c1-6-8-9-10-11-12-13-14-15-16-17-18-19-29-26-24(22-27(3)4)20-23(7-2)21-25(26)28-5/h20-21H,6-19,22H2,1-5H3. The second-order valence-electron chi connectivity index (χ2n) is 8.62. The first-order valence-electron chi connectivity index (χ1n) is 12.1. The average molecular weight is 406 g/mol. The van der Waals surface area contributed by atoms with E-state index < -0.39 is 0 Å². The summed E-state index contributed by atoms with van der Waals surface area (Å²) in [5.74, 6) is 1.81. The van der Waals surface area contributed by atoms with Crippen LogP contribution in [-0.4, -0.2) is 32.7 Å². The van der Waals surface area contributed by atoms with Crippen LogP contribution in [0.1, 0.15) is 102 Å². The first kappa shape index (κ1) is 25.8. The number of ether oxygens (including phenoxy) is 2. The lowest BCUT2D eigenvalue weighted by atomic mass is 10.1. The molecule has 0 aliphatic heterocycles. The van der Waals surface area contributed by atoms with Crippen molar-refractivity contribution in [2.24, 2.45) is 0 Å². The van der Waals surface area contributed by atoms with Gasteiger partial charge in [0, 0.05) is 12.1 Å². The van der Waals surface area contributed by atoms with Crippen molar-refractivity contribution < 1.29 is 9.47 Å². The zero-order valence-electron chi connectivity index (χ0n) is 20.0. The lowest BCUT2D eigenvalue weighted by Gasteiger charge is -2.19. The summed E-state index contributed by atoms with van der Waals surface area (Å²) in [5.41, 5.74) is 2.53. The summed E-state index contributed by atoms with van der Waals surface area (Å²) in [6, 6.07) is 4.39. The van der Waals surface area contributed by atoms with Crippen LogP contribution in [0.4, 0.5) is 0 Å². The molecule has 3 nitrogen and oxygen atoms in total. The molecule has 0 N–H and O–H groups in total. The van der Waals surface area contributed by atoms with Crippen LogP contribution in [0.5, 0.6) is 11.5 Å². The van der Waals surface area contributed by atoms with Gasteiger partial charge in [-0.1, -0.05) is 90.5 Å². The summed E-state index contributed by atoms with van der Waals surface area (Å²) in [6.45, 7) is 6.12. The highest BCUT2D eigenvalue weighted by atomic mass is 16.5. The Labute approximate surface area is 181 Å². The summed E-state index contributed by atoms with van der Waals surface area (Å²) in [7, 11) is 5.94. The van der Waals surface area contributed by atoms with Crippen molar-refractivity contribution >= 4 is 0 Å². The number of aryl methyl sites for hydroxylation is 1. The van der Waals surface area contributed by atoms with Gasteiger partial charge in [-0.3, -0.25) is 0 Å². The molecule has 0 unspecified atom stereocenters. The molecule has 1 aromatic rings. The fourth-order valence-corrected chi connectivity index (χ4v) is 3.82. The molecular weight excluding hydrogens is 358 g/mol. The highest BCUT2D eigenvalue weighted by Gasteiger charge is 2.13. The quantitative estimate of drug-likeness (QED) is 0.237. The van der Waals surface area contributed by atoms with E-state index in [1.54, 1.807) is 7.11 Å².